The first-order valence-electron chi connectivity index (χ1n) is 5.93. The maximum atomic E-state index is 4.26. The minimum atomic E-state index is -1.06. The van der Waals surface area contributed by atoms with Gasteiger partial charge in [0.05, 0.1) is 0 Å². The van der Waals surface area contributed by atoms with Crippen molar-refractivity contribution in [1.29, 1.82) is 0 Å². The second-order valence-corrected chi connectivity index (χ2v) is 7.43. The van der Waals surface area contributed by atoms with Crippen LogP contribution in [0.25, 0.3) is 0 Å². The van der Waals surface area contributed by atoms with E-state index in [1.807, 2.05) is 0 Å². The van der Waals surface area contributed by atoms with Crippen molar-refractivity contribution in [3.63, 3.8) is 0 Å². The molecule has 88 valence electrons. The minimum absolute atomic E-state index is 0.751. The zero-order valence-electron chi connectivity index (χ0n) is 10.0. The largest absolute Gasteiger partial charge is 0.270 e. The summed E-state index contributed by atoms with van der Waals surface area (Å²) in [6.07, 6.45) is 3.72. The molecule has 1 N–H and O–H groups in total. The van der Waals surface area contributed by atoms with Crippen molar-refractivity contribution in [3.8, 4) is 0 Å². The Hall–Kier alpha value is -0.730. The Kier molecular flexibility index (Phi) is 3.41. The van der Waals surface area contributed by atoms with Crippen LogP contribution in [0.1, 0.15) is 30.9 Å². The molecule has 2 heteroatoms. The number of aryl methyl sites for hydroxylation is 1. The van der Waals surface area contributed by atoms with Gasteiger partial charge >= 0.3 is 0 Å². The van der Waals surface area contributed by atoms with Crippen molar-refractivity contribution < 1.29 is 0 Å². The number of hydrogen-bond acceptors (Lipinski definition) is 1. The summed E-state index contributed by atoms with van der Waals surface area (Å²) in [6.45, 7) is 3.12. The number of rotatable bonds is 5. The van der Waals surface area contributed by atoms with Gasteiger partial charge in [0.1, 0.15) is 0 Å². The predicted octanol–water partition coefficient (Wildman–Crippen LogP) is 3.08. The third-order valence-corrected chi connectivity index (χ3v) is 5.68. The van der Waals surface area contributed by atoms with Gasteiger partial charge in [-0.25, -0.2) is 0 Å². The van der Waals surface area contributed by atoms with Crippen molar-refractivity contribution in [2.24, 2.45) is 0 Å². The molecule has 1 saturated carbocycles. The SMILES string of the molecule is C=S(=C)(NCc1ccccc1CC)C1CC1. The summed E-state index contributed by atoms with van der Waals surface area (Å²) >= 11 is 0. The van der Waals surface area contributed by atoms with E-state index in [0.29, 0.717) is 0 Å². The van der Waals surface area contributed by atoms with Gasteiger partial charge in [-0.3, -0.25) is 4.72 Å². The van der Waals surface area contributed by atoms with Crippen LogP contribution in [-0.4, -0.2) is 17.0 Å². The minimum Gasteiger partial charge on any atom is -0.270 e. The summed E-state index contributed by atoms with van der Waals surface area (Å²) in [5.74, 6) is 8.53. The zero-order chi connectivity index (χ0) is 11.6. The molecule has 1 nitrogen and oxygen atoms in total. The highest BCUT2D eigenvalue weighted by atomic mass is 32.2. The van der Waals surface area contributed by atoms with Crippen LogP contribution in [0.3, 0.4) is 0 Å². The lowest BCUT2D eigenvalue weighted by molar-refractivity contribution is 0.936. The van der Waals surface area contributed by atoms with Gasteiger partial charge in [0.2, 0.25) is 0 Å². The van der Waals surface area contributed by atoms with Gasteiger partial charge in [0, 0.05) is 11.8 Å². The first-order chi connectivity index (χ1) is 7.63. The maximum Gasteiger partial charge on any atom is 0.0303 e. The van der Waals surface area contributed by atoms with E-state index in [1.165, 1.54) is 24.0 Å². The van der Waals surface area contributed by atoms with Gasteiger partial charge in [-0.1, -0.05) is 42.9 Å². The Bertz CT molecular complexity index is 455. The fourth-order valence-corrected chi connectivity index (χ4v) is 3.65. The summed E-state index contributed by atoms with van der Waals surface area (Å²) in [5.41, 5.74) is 2.83. The first kappa shape index (κ1) is 11.7. The lowest BCUT2D eigenvalue weighted by Gasteiger charge is -2.17. The van der Waals surface area contributed by atoms with Crippen LogP contribution in [0.2, 0.25) is 0 Å². The molecule has 0 amide bonds. The average Bonchev–Trinajstić information content (AvgIpc) is 3.11. The van der Waals surface area contributed by atoms with Crippen LogP contribution in [-0.2, 0) is 13.0 Å². The summed E-state index contributed by atoms with van der Waals surface area (Å²) in [6, 6.07) is 8.62. The fourth-order valence-electron chi connectivity index (χ4n) is 1.93. The Morgan fingerprint density at radius 2 is 1.88 bits per heavy atom. The molecule has 0 atom stereocenters. The van der Waals surface area contributed by atoms with E-state index in [1.54, 1.807) is 0 Å². The molecule has 0 heterocycles. The van der Waals surface area contributed by atoms with E-state index in [4.69, 9.17) is 0 Å². The molecular weight excluding hydrogens is 214 g/mol. The highest BCUT2D eigenvalue weighted by Crippen LogP contribution is 2.41. The molecule has 0 radical (unpaired) electrons. The standard InChI is InChI=1S/C14H21NS/c1-4-12-7-5-6-8-13(12)11-15-16(2,3)14-9-10-14/h5-8,14-15H,2-4,9-11H2,1H3. The zero-order valence-corrected chi connectivity index (χ0v) is 10.9. The van der Waals surface area contributed by atoms with Gasteiger partial charge in [-0.2, -0.15) is 9.39 Å². The van der Waals surface area contributed by atoms with Gasteiger partial charge in [-0.05, 0) is 30.4 Å². The molecule has 1 aliphatic carbocycles. The number of hydrogen-bond donors (Lipinski definition) is 1. The van der Waals surface area contributed by atoms with Crippen LogP contribution >= 0.6 is 9.39 Å². The molecule has 1 aliphatic rings. The van der Waals surface area contributed by atoms with Crippen molar-refractivity contribution in [1.82, 2.24) is 4.72 Å². The van der Waals surface area contributed by atoms with E-state index in [-0.39, 0.29) is 0 Å². The normalized spacial score (nSPS) is 16.3. The third kappa shape index (κ3) is 2.69. The van der Waals surface area contributed by atoms with Crippen LogP contribution in [0.4, 0.5) is 0 Å². The molecule has 2 rings (SSSR count). The summed E-state index contributed by atoms with van der Waals surface area (Å²) in [5, 5.41) is 0.751. The van der Waals surface area contributed by atoms with Gasteiger partial charge in [0.25, 0.3) is 0 Å². The van der Waals surface area contributed by atoms with Crippen molar-refractivity contribution in [3.05, 3.63) is 35.4 Å². The number of benzene rings is 1. The molecule has 0 unspecified atom stereocenters. The first-order valence-corrected chi connectivity index (χ1v) is 7.96. The summed E-state index contributed by atoms with van der Waals surface area (Å²) in [7, 11) is -1.06. The maximum absolute atomic E-state index is 4.26. The Morgan fingerprint density at radius 3 is 2.44 bits per heavy atom. The molecule has 0 spiro atoms. The van der Waals surface area contributed by atoms with E-state index < -0.39 is 9.39 Å². The second kappa shape index (κ2) is 4.64. The van der Waals surface area contributed by atoms with E-state index in [2.05, 4.69) is 47.7 Å². The van der Waals surface area contributed by atoms with E-state index in [0.717, 1.165) is 18.2 Å². The van der Waals surface area contributed by atoms with Gasteiger partial charge in [-0.15, -0.1) is 0 Å². The van der Waals surface area contributed by atoms with Crippen LogP contribution in [0.15, 0.2) is 24.3 Å². The Labute approximate surface area is 99.5 Å². The summed E-state index contributed by atoms with van der Waals surface area (Å²) in [4.78, 5) is 0. The molecule has 0 aliphatic heterocycles. The molecule has 0 aromatic heterocycles. The van der Waals surface area contributed by atoms with Crippen molar-refractivity contribution in [2.45, 2.75) is 38.0 Å². The molecular formula is C14H21NS. The quantitative estimate of drug-likeness (QED) is 0.773. The molecule has 0 saturated heterocycles. The molecule has 16 heavy (non-hydrogen) atoms. The topological polar surface area (TPSA) is 12.0 Å². The molecule has 1 aromatic carbocycles. The highest BCUT2D eigenvalue weighted by Gasteiger charge is 2.25. The fraction of sp³-hybridized carbons (Fsp3) is 0.429. The average molecular weight is 235 g/mol. The number of nitrogens with one attached hydrogen (secondary N) is 1. The molecule has 1 fully saturated rings. The lowest BCUT2D eigenvalue weighted by Crippen LogP contribution is -2.13. The molecule has 1 aromatic rings. The van der Waals surface area contributed by atoms with Crippen molar-refractivity contribution >= 4 is 21.1 Å². The van der Waals surface area contributed by atoms with Crippen LogP contribution in [0.5, 0.6) is 0 Å². The highest BCUT2D eigenvalue weighted by molar-refractivity contribution is 8.26. The van der Waals surface area contributed by atoms with E-state index in [9.17, 15) is 0 Å². The Balaban J connectivity index is 2.04. The van der Waals surface area contributed by atoms with Crippen molar-refractivity contribution in [2.75, 3.05) is 0 Å². The van der Waals surface area contributed by atoms with Crippen LogP contribution < -0.4 is 4.72 Å². The third-order valence-electron chi connectivity index (χ3n) is 3.21. The summed E-state index contributed by atoms with van der Waals surface area (Å²) < 4.78 is 3.57. The Morgan fingerprint density at radius 1 is 1.25 bits per heavy atom. The predicted molar refractivity (Wildman–Crippen MR) is 77.5 cm³/mol. The van der Waals surface area contributed by atoms with Gasteiger partial charge in [0.15, 0.2) is 0 Å². The second-order valence-electron chi connectivity index (χ2n) is 4.59. The molecule has 0 bridgehead atoms. The monoisotopic (exact) mass is 235 g/mol. The van der Waals surface area contributed by atoms with Gasteiger partial charge < -0.3 is 0 Å². The lowest BCUT2D eigenvalue weighted by atomic mass is 10.1. The smallest absolute Gasteiger partial charge is 0.0303 e. The van der Waals surface area contributed by atoms with E-state index >= 15 is 0 Å². The van der Waals surface area contributed by atoms with Crippen LogP contribution in [0, 0.1) is 0 Å².